The van der Waals surface area contributed by atoms with E-state index in [2.05, 4.69) is 24.2 Å². The molecular weight excluding hydrogens is 240 g/mol. The van der Waals surface area contributed by atoms with E-state index in [1.165, 1.54) is 0 Å². The predicted molar refractivity (Wildman–Crippen MR) is 80.7 cm³/mol. The third-order valence-corrected chi connectivity index (χ3v) is 2.72. The fourth-order valence-electron chi connectivity index (χ4n) is 1.51. The van der Waals surface area contributed by atoms with E-state index in [-0.39, 0.29) is 11.9 Å². The molecule has 0 radical (unpaired) electrons. The molecule has 0 aliphatic rings. The fourth-order valence-corrected chi connectivity index (χ4v) is 1.51. The highest BCUT2D eigenvalue weighted by Crippen LogP contribution is 2.06. The minimum atomic E-state index is 0.0191. The molecule has 5 nitrogen and oxygen atoms in total. The Balaban J connectivity index is 3.70. The lowest BCUT2D eigenvalue weighted by atomic mass is 10.1. The van der Waals surface area contributed by atoms with Crippen molar-refractivity contribution in [2.45, 2.75) is 46.5 Å². The molecule has 5 N–H and O–H groups in total. The van der Waals surface area contributed by atoms with Gasteiger partial charge in [0.1, 0.15) is 0 Å². The molecule has 110 valence electrons. The summed E-state index contributed by atoms with van der Waals surface area (Å²) >= 11 is 0. The Morgan fingerprint density at radius 3 is 2.58 bits per heavy atom. The third kappa shape index (κ3) is 11.3. The number of unbranched alkanes of at least 4 members (excludes halogenated alkanes) is 1. The van der Waals surface area contributed by atoms with Gasteiger partial charge in [0, 0.05) is 18.7 Å². The number of nitrogens with one attached hydrogen (secondary N) is 1. The molecule has 0 rings (SSSR count). The molecule has 0 unspecified atom stereocenters. The van der Waals surface area contributed by atoms with Crippen molar-refractivity contribution >= 4 is 11.9 Å². The monoisotopic (exact) mass is 268 g/mol. The van der Waals surface area contributed by atoms with Gasteiger partial charge < -0.3 is 16.8 Å². The second kappa shape index (κ2) is 10.4. The van der Waals surface area contributed by atoms with Crippen LogP contribution in [0.3, 0.4) is 0 Å². The number of amides is 1. The van der Waals surface area contributed by atoms with Crippen LogP contribution in [0.25, 0.3) is 0 Å². The first-order valence-corrected chi connectivity index (χ1v) is 6.93. The van der Waals surface area contributed by atoms with E-state index in [1.54, 1.807) is 0 Å². The fraction of sp³-hybridized carbons (Fsp3) is 0.714. The molecule has 0 atom stereocenters. The number of allylic oxidation sites excluding steroid dienone is 1. The van der Waals surface area contributed by atoms with E-state index in [0.29, 0.717) is 19.0 Å². The largest absolute Gasteiger partial charge is 0.370 e. The minimum absolute atomic E-state index is 0.0191. The maximum Gasteiger partial charge on any atom is 0.246 e. The molecule has 0 heterocycles. The quantitative estimate of drug-likeness (QED) is 0.256. The molecule has 0 aromatic carbocycles. The lowest BCUT2D eigenvalue weighted by Crippen LogP contribution is -2.25. The van der Waals surface area contributed by atoms with Crippen molar-refractivity contribution in [1.82, 2.24) is 5.32 Å². The molecule has 0 bridgehead atoms. The number of nitrogens with two attached hydrogens (primary N) is 2. The Hall–Kier alpha value is -1.52. The van der Waals surface area contributed by atoms with E-state index in [1.807, 2.05) is 13.0 Å². The smallest absolute Gasteiger partial charge is 0.246 e. The lowest BCUT2D eigenvalue weighted by molar-refractivity contribution is -0.117. The summed E-state index contributed by atoms with van der Waals surface area (Å²) in [6, 6.07) is 0. The summed E-state index contributed by atoms with van der Waals surface area (Å²) in [4.78, 5) is 15.6. The molecule has 0 saturated carbocycles. The number of nitrogens with zero attached hydrogens (tertiary/aromatic N) is 1. The summed E-state index contributed by atoms with van der Waals surface area (Å²) in [7, 11) is 0. The van der Waals surface area contributed by atoms with E-state index in [0.717, 1.165) is 31.3 Å². The highest BCUT2D eigenvalue weighted by atomic mass is 16.1. The maximum atomic E-state index is 11.7. The molecular formula is C14H28N4O. The van der Waals surface area contributed by atoms with Crippen molar-refractivity contribution in [3.8, 4) is 0 Å². The van der Waals surface area contributed by atoms with Gasteiger partial charge in [0.15, 0.2) is 5.96 Å². The summed E-state index contributed by atoms with van der Waals surface area (Å²) in [5.74, 6) is 0.807. The molecule has 0 saturated heterocycles. The van der Waals surface area contributed by atoms with Gasteiger partial charge in [0.25, 0.3) is 0 Å². The highest BCUT2D eigenvalue weighted by Gasteiger charge is 2.02. The normalized spacial score (nSPS) is 11.5. The van der Waals surface area contributed by atoms with Gasteiger partial charge >= 0.3 is 0 Å². The van der Waals surface area contributed by atoms with Gasteiger partial charge in [-0.3, -0.25) is 9.79 Å². The second-order valence-electron chi connectivity index (χ2n) is 5.13. The standard InChI is InChI=1S/C14H28N4O/c1-11(2)7-6-8-12(3)13(19)17-9-4-5-10-18-14(15)16/h8,11H,4-7,9-10H2,1-3H3,(H,17,19)(H4,15,16,18)/b12-8-. The van der Waals surface area contributed by atoms with Gasteiger partial charge in [-0.15, -0.1) is 0 Å². The summed E-state index contributed by atoms with van der Waals surface area (Å²) < 4.78 is 0. The number of rotatable bonds is 9. The van der Waals surface area contributed by atoms with Gasteiger partial charge in [0.2, 0.25) is 5.91 Å². The Labute approximate surface area is 116 Å². The van der Waals surface area contributed by atoms with E-state index in [4.69, 9.17) is 11.5 Å². The van der Waals surface area contributed by atoms with Crippen molar-refractivity contribution in [3.63, 3.8) is 0 Å². The van der Waals surface area contributed by atoms with Gasteiger partial charge in [0.05, 0.1) is 0 Å². The first-order chi connectivity index (χ1) is 8.93. The first-order valence-electron chi connectivity index (χ1n) is 6.93. The number of aliphatic imine (C=N–C) groups is 1. The zero-order valence-electron chi connectivity index (χ0n) is 12.4. The molecule has 0 aromatic heterocycles. The van der Waals surface area contributed by atoms with Crippen molar-refractivity contribution in [2.24, 2.45) is 22.4 Å². The van der Waals surface area contributed by atoms with Crippen LogP contribution in [0.1, 0.15) is 46.5 Å². The Kier molecular flexibility index (Phi) is 9.57. The predicted octanol–water partition coefficient (Wildman–Crippen LogP) is 1.54. The Morgan fingerprint density at radius 2 is 2.00 bits per heavy atom. The van der Waals surface area contributed by atoms with Crippen molar-refractivity contribution in [3.05, 3.63) is 11.6 Å². The third-order valence-electron chi connectivity index (χ3n) is 2.72. The number of hydrogen-bond acceptors (Lipinski definition) is 2. The van der Waals surface area contributed by atoms with Crippen LogP contribution in [0.4, 0.5) is 0 Å². The number of hydrogen-bond donors (Lipinski definition) is 3. The maximum absolute atomic E-state index is 11.7. The second-order valence-corrected chi connectivity index (χ2v) is 5.13. The van der Waals surface area contributed by atoms with Crippen LogP contribution >= 0.6 is 0 Å². The Morgan fingerprint density at radius 1 is 1.32 bits per heavy atom. The zero-order valence-corrected chi connectivity index (χ0v) is 12.4. The van der Waals surface area contributed by atoms with Crippen LogP contribution in [-0.2, 0) is 4.79 Å². The molecule has 0 fully saturated rings. The summed E-state index contributed by atoms with van der Waals surface area (Å²) in [6.45, 7) is 7.49. The number of guanidine groups is 1. The van der Waals surface area contributed by atoms with E-state index >= 15 is 0 Å². The van der Waals surface area contributed by atoms with Gasteiger partial charge in [-0.2, -0.15) is 0 Å². The summed E-state index contributed by atoms with van der Waals surface area (Å²) in [5.41, 5.74) is 11.2. The topological polar surface area (TPSA) is 93.5 Å². The van der Waals surface area contributed by atoms with Crippen LogP contribution in [0, 0.1) is 5.92 Å². The zero-order chi connectivity index (χ0) is 14.7. The van der Waals surface area contributed by atoms with Crippen LogP contribution in [-0.4, -0.2) is 25.0 Å². The molecule has 19 heavy (non-hydrogen) atoms. The first kappa shape index (κ1) is 17.5. The minimum Gasteiger partial charge on any atom is -0.370 e. The summed E-state index contributed by atoms with van der Waals surface area (Å²) in [5, 5.41) is 2.89. The summed E-state index contributed by atoms with van der Waals surface area (Å²) in [6.07, 6.45) is 5.83. The van der Waals surface area contributed by atoms with Gasteiger partial charge in [-0.05, 0) is 38.5 Å². The van der Waals surface area contributed by atoms with Crippen LogP contribution < -0.4 is 16.8 Å². The average Bonchev–Trinajstić information content (AvgIpc) is 2.32. The number of carbonyl (C=O) groups is 1. The van der Waals surface area contributed by atoms with Gasteiger partial charge in [-0.25, -0.2) is 0 Å². The Bertz CT molecular complexity index is 317. The lowest BCUT2D eigenvalue weighted by Gasteiger charge is -2.05. The van der Waals surface area contributed by atoms with E-state index in [9.17, 15) is 4.79 Å². The van der Waals surface area contributed by atoms with Gasteiger partial charge in [-0.1, -0.05) is 19.9 Å². The molecule has 1 amide bonds. The molecule has 0 aromatic rings. The average molecular weight is 268 g/mol. The van der Waals surface area contributed by atoms with Crippen LogP contribution in [0.5, 0.6) is 0 Å². The molecule has 0 aliphatic heterocycles. The van der Waals surface area contributed by atoms with Crippen LogP contribution in [0.2, 0.25) is 0 Å². The molecule has 0 aliphatic carbocycles. The van der Waals surface area contributed by atoms with Crippen molar-refractivity contribution in [1.29, 1.82) is 0 Å². The number of carbonyl (C=O) groups excluding carboxylic acids is 1. The van der Waals surface area contributed by atoms with E-state index < -0.39 is 0 Å². The molecule has 5 heteroatoms. The highest BCUT2D eigenvalue weighted by molar-refractivity contribution is 5.92. The SMILES string of the molecule is C/C(=C/CCC(C)C)C(=O)NCCCCN=C(N)N. The van der Waals surface area contributed by atoms with Crippen molar-refractivity contribution < 1.29 is 4.79 Å². The van der Waals surface area contributed by atoms with Crippen LogP contribution in [0.15, 0.2) is 16.6 Å². The van der Waals surface area contributed by atoms with Crippen molar-refractivity contribution in [2.75, 3.05) is 13.1 Å². The molecule has 0 spiro atoms.